The summed E-state index contributed by atoms with van der Waals surface area (Å²) in [5.41, 5.74) is 11.3. The second-order valence-electron chi connectivity index (χ2n) is 10.9. The molecule has 42 heavy (non-hydrogen) atoms. The normalized spacial score (nSPS) is 12.0. The second-order valence-corrected chi connectivity index (χ2v) is 10.9. The van der Waals surface area contributed by atoms with Gasteiger partial charge in [-0.05, 0) is 86.8 Å². The molecule has 1 aliphatic heterocycles. The summed E-state index contributed by atoms with van der Waals surface area (Å²) in [4.78, 5) is 0. The molecule has 2 heterocycles. The van der Waals surface area contributed by atoms with E-state index in [9.17, 15) is 0 Å². The van der Waals surface area contributed by atoms with Crippen molar-refractivity contribution >= 4 is 32.7 Å². The summed E-state index contributed by atoms with van der Waals surface area (Å²) < 4.78 is 12.4. The van der Waals surface area contributed by atoms with E-state index in [-0.39, 0.29) is 0 Å². The van der Waals surface area contributed by atoms with E-state index in [1.165, 1.54) is 49.7 Å². The molecule has 2 heteroatoms. The average Bonchev–Trinajstić information content (AvgIpc) is 3.43. The number of hydrogen-bond donors (Lipinski definition) is 0. The Morgan fingerprint density at radius 3 is 1.83 bits per heavy atom. The van der Waals surface area contributed by atoms with E-state index in [1.54, 1.807) is 0 Å². The van der Waals surface area contributed by atoms with Crippen molar-refractivity contribution in [3.8, 4) is 56.0 Å². The lowest BCUT2D eigenvalue weighted by Gasteiger charge is -2.23. The molecule has 196 valence electrons. The Morgan fingerprint density at radius 2 is 1.00 bits per heavy atom. The maximum absolute atomic E-state index is 6.30. The fourth-order valence-electron chi connectivity index (χ4n) is 6.58. The highest BCUT2D eigenvalue weighted by Crippen LogP contribution is 2.49. The van der Waals surface area contributed by atoms with Crippen LogP contribution in [0.2, 0.25) is 0 Å². The third-order valence-electron chi connectivity index (χ3n) is 8.48. The molecule has 7 aromatic carbocycles. The first-order valence-electron chi connectivity index (χ1n) is 14.3. The van der Waals surface area contributed by atoms with Crippen LogP contribution in [0.4, 0.5) is 0 Å². The Balaban J connectivity index is 1.26. The molecular formula is C40H24O2. The molecule has 0 saturated carbocycles. The van der Waals surface area contributed by atoms with E-state index < -0.39 is 0 Å². The lowest BCUT2D eigenvalue weighted by molar-refractivity contribution is 0.487. The number of ether oxygens (including phenoxy) is 1. The third kappa shape index (κ3) is 3.45. The van der Waals surface area contributed by atoms with Crippen LogP contribution in [0.1, 0.15) is 0 Å². The van der Waals surface area contributed by atoms with Gasteiger partial charge in [0.25, 0.3) is 0 Å². The summed E-state index contributed by atoms with van der Waals surface area (Å²) in [6, 6.07) is 51.5. The first kappa shape index (κ1) is 23.1. The van der Waals surface area contributed by atoms with Crippen LogP contribution in [0.25, 0.3) is 77.2 Å². The lowest BCUT2D eigenvalue weighted by Crippen LogP contribution is -1.97. The number of para-hydroxylation sites is 2. The molecule has 2 nitrogen and oxygen atoms in total. The van der Waals surface area contributed by atoms with Gasteiger partial charge in [-0.15, -0.1) is 0 Å². The summed E-state index contributed by atoms with van der Waals surface area (Å²) in [5, 5.41) is 4.62. The minimum atomic E-state index is 0.899. The van der Waals surface area contributed by atoms with Crippen LogP contribution in [-0.2, 0) is 0 Å². The molecule has 9 rings (SSSR count). The van der Waals surface area contributed by atoms with Crippen molar-refractivity contribution in [1.29, 1.82) is 0 Å². The topological polar surface area (TPSA) is 22.4 Å². The van der Waals surface area contributed by atoms with Gasteiger partial charge < -0.3 is 9.15 Å². The summed E-state index contributed by atoms with van der Waals surface area (Å²) >= 11 is 0. The highest BCUT2D eigenvalue weighted by Gasteiger charge is 2.22. The van der Waals surface area contributed by atoms with Gasteiger partial charge >= 0.3 is 0 Å². The minimum Gasteiger partial charge on any atom is -0.456 e. The van der Waals surface area contributed by atoms with Gasteiger partial charge in [-0.2, -0.15) is 0 Å². The standard InChI is InChI=1S/C40H24O2/c1-3-13-30(28(11-1)25-20-21-38-34(23-25)32-15-5-7-17-36(32)41-38)31-14-4-2-12-29(31)27-22-26-10-9-19-39-40(26)35(24-27)33-16-6-8-18-37(33)42-39/h1-24H. The Labute approximate surface area is 243 Å². The zero-order valence-electron chi connectivity index (χ0n) is 22.7. The Bertz CT molecular complexity index is 2340. The van der Waals surface area contributed by atoms with Crippen molar-refractivity contribution in [3.05, 3.63) is 146 Å². The average molecular weight is 537 g/mol. The smallest absolute Gasteiger partial charge is 0.135 e. The van der Waals surface area contributed by atoms with Gasteiger partial charge in [0.15, 0.2) is 0 Å². The number of rotatable bonds is 3. The monoisotopic (exact) mass is 536 g/mol. The molecule has 1 aromatic heterocycles. The molecule has 0 radical (unpaired) electrons. The molecule has 0 N–H and O–H groups in total. The molecule has 0 spiro atoms. The van der Waals surface area contributed by atoms with Crippen LogP contribution in [0.15, 0.2) is 150 Å². The van der Waals surface area contributed by atoms with Crippen molar-refractivity contribution < 1.29 is 9.15 Å². The molecule has 8 aromatic rings. The van der Waals surface area contributed by atoms with Crippen LogP contribution < -0.4 is 4.74 Å². The third-order valence-corrected chi connectivity index (χ3v) is 8.48. The summed E-state index contributed by atoms with van der Waals surface area (Å²) in [7, 11) is 0. The molecule has 0 saturated heterocycles. The van der Waals surface area contributed by atoms with Crippen molar-refractivity contribution in [2.45, 2.75) is 0 Å². The number of furan rings is 1. The van der Waals surface area contributed by atoms with Gasteiger partial charge in [-0.25, -0.2) is 0 Å². The fraction of sp³-hybridized carbons (Fsp3) is 0. The van der Waals surface area contributed by atoms with Crippen LogP contribution in [0.3, 0.4) is 0 Å². The van der Waals surface area contributed by atoms with Crippen LogP contribution in [0.5, 0.6) is 11.5 Å². The zero-order chi connectivity index (χ0) is 27.6. The fourth-order valence-corrected chi connectivity index (χ4v) is 6.58. The molecule has 0 aliphatic carbocycles. The Morgan fingerprint density at radius 1 is 0.357 bits per heavy atom. The molecular weight excluding hydrogens is 512 g/mol. The van der Waals surface area contributed by atoms with Crippen LogP contribution in [0, 0.1) is 0 Å². The van der Waals surface area contributed by atoms with E-state index >= 15 is 0 Å². The predicted molar refractivity (Wildman–Crippen MR) is 173 cm³/mol. The van der Waals surface area contributed by atoms with E-state index in [0.717, 1.165) is 39.0 Å². The van der Waals surface area contributed by atoms with Crippen LogP contribution in [-0.4, -0.2) is 0 Å². The molecule has 0 amide bonds. The highest BCUT2D eigenvalue weighted by molar-refractivity contribution is 6.09. The largest absolute Gasteiger partial charge is 0.456 e. The van der Waals surface area contributed by atoms with Gasteiger partial charge in [0.05, 0.1) is 0 Å². The predicted octanol–water partition coefficient (Wildman–Crippen LogP) is 11.5. The molecule has 0 atom stereocenters. The summed E-state index contributed by atoms with van der Waals surface area (Å²) in [6.07, 6.45) is 0. The molecule has 1 aliphatic rings. The molecule has 0 fully saturated rings. The lowest BCUT2D eigenvalue weighted by atomic mass is 9.86. The zero-order valence-corrected chi connectivity index (χ0v) is 22.7. The van der Waals surface area contributed by atoms with Crippen molar-refractivity contribution in [2.24, 2.45) is 0 Å². The number of benzene rings is 7. The SMILES string of the molecule is c1ccc2c(c1)Oc1cccc3cc(-c4ccccc4-c4ccccc4-c4ccc5oc6ccccc6c5c4)cc-2c13. The number of hydrogen-bond acceptors (Lipinski definition) is 2. The van der Waals surface area contributed by atoms with Crippen LogP contribution >= 0.6 is 0 Å². The quantitative estimate of drug-likeness (QED) is 0.224. The summed E-state index contributed by atoms with van der Waals surface area (Å²) in [5.74, 6) is 1.81. The van der Waals surface area contributed by atoms with Crippen molar-refractivity contribution in [1.82, 2.24) is 0 Å². The van der Waals surface area contributed by atoms with E-state index in [0.29, 0.717) is 0 Å². The molecule has 0 bridgehead atoms. The van der Waals surface area contributed by atoms with Crippen molar-refractivity contribution in [3.63, 3.8) is 0 Å². The first-order valence-corrected chi connectivity index (χ1v) is 14.3. The maximum Gasteiger partial charge on any atom is 0.135 e. The summed E-state index contributed by atoms with van der Waals surface area (Å²) in [6.45, 7) is 0. The van der Waals surface area contributed by atoms with E-state index in [2.05, 4.69) is 121 Å². The maximum atomic E-state index is 6.30. The van der Waals surface area contributed by atoms with Gasteiger partial charge in [-0.1, -0.05) is 103 Å². The molecule has 0 unspecified atom stereocenters. The first-order chi connectivity index (χ1) is 20.8. The second kappa shape index (κ2) is 8.95. The van der Waals surface area contributed by atoms with Gasteiger partial charge in [-0.3, -0.25) is 0 Å². The van der Waals surface area contributed by atoms with Gasteiger partial charge in [0.2, 0.25) is 0 Å². The Kier molecular flexibility index (Phi) is 4.93. The number of fused-ring (bicyclic) bond motifs is 5. The van der Waals surface area contributed by atoms with Gasteiger partial charge in [0, 0.05) is 21.7 Å². The minimum absolute atomic E-state index is 0.899. The van der Waals surface area contributed by atoms with E-state index in [4.69, 9.17) is 9.15 Å². The van der Waals surface area contributed by atoms with Gasteiger partial charge in [0.1, 0.15) is 22.7 Å². The Hall–Kier alpha value is -5.60. The highest BCUT2D eigenvalue weighted by atomic mass is 16.5. The van der Waals surface area contributed by atoms with E-state index in [1.807, 2.05) is 24.3 Å². The van der Waals surface area contributed by atoms with Crippen molar-refractivity contribution in [2.75, 3.05) is 0 Å².